The lowest BCUT2D eigenvalue weighted by molar-refractivity contribution is 0.986. The molecule has 4 aromatic carbocycles. The molecule has 0 atom stereocenters. The summed E-state index contributed by atoms with van der Waals surface area (Å²) >= 11 is 0. The van der Waals surface area contributed by atoms with Gasteiger partial charge in [-0.1, -0.05) is 66.7 Å². The van der Waals surface area contributed by atoms with E-state index in [2.05, 4.69) is 120 Å². The monoisotopic (exact) mass is 362 g/mol. The lowest BCUT2D eigenvalue weighted by Gasteiger charge is -2.24. The molecule has 4 aromatic rings. The van der Waals surface area contributed by atoms with Gasteiger partial charge in [0, 0.05) is 11.4 Å². The van der Waals surface area contributed by atoms with Crippen LogP contribution in [0.2, 0.25) is 0 Å². The molecule has 0 aliphatic carbocycles. The summed E-state index contributed by atoms with van der Waals surface area (Å²) < 4.78 is 0. The van der Waals surface area contributed by atoms with E-state index < -0.39 is 0 Å². The first-order chi connectivity index (χ1) is 13.8. The van der Waals surface area contributed by atoms with Gasteiger partial charge in [-0.3, -0.25) is 0 Å². The summed E-state index contributed by atoms with van der Waals surface area (Å²) in [6, 6.07) is 36.6. The van der Waals surface area contributed by atoms with Gasteiger partial charge < -0.3 is 9.80 Å². The molecule has 1 heterocycles. The van der Waals surface area contributed by atoms with Crippen LogP contribution in [-0.2, 0) is 0 Å². The predicted octanol–water partition coefficient (Wildman–Crippen LogP) is 6.91. The van der Waals surface area contributed by atoms with Crippen molar-refractivity contribution < 1.29 is 0 Å². The van der Waals surface area contributed by atoms with Gasteiger partial charge in [0.25, 0.3) is 0 Å². The fourth-order valence-electron chi connectivity index (χ4n) is 4.02. The Labute approximate surface area is 166 Å². The Morgan fingerprint density at radius 1 is 0.536 bits per heavy atom. The first kappa shape index (κ1) is 16.6. The van der Waals surface area contributed by atoms with Gasteiger partial charge in [0.1, 0.15) is 6.67 Å². The molecule has 1 aliphatic heterocycles. The van der Waals surface area contributed by atoms with Crippen LogP contribution >= 0.6 is 0 Å². The van der Waals surface area contributed by atoms with Crippen molar-refractivity contribution in [2.45, 2.75) is 6.92 Å². The number of nitrogens with zero attached hydrogens (tertiary/aromatic N) is 2. The molecule has 136 valence electrons. The molecule has 0 spiro atoms. The van der Waals surface area contributed by atoms with Gasteiger partial charge in [0.05, 0.1) is 11.4 Å². The van der Waals surface area contributed by atoms with Crippen molar-refractivity contribution in [3.63, 3.8) is 0 Å². The Hall–Kier alpha value is -3.52. The molecule has 0 N–H and O–H groups in total. The smallest absolute Gasteiger partial charge is 0.100 e. The van der Waals surface area contributed by atoms with Crippen LogP contribution in [0.3, 0.4) is 0 Å². The van der Waals surface area contributed by atoms with E-state index in [-0.39, 0.29) is 0 Å². The van der Waals surface area contributed by atoms with Crippen molar-refractivity contribution in [3.05, 3.63) is 109 Å². The first-order valence-electron chi connectivity index (χ1n) is 9.66. The van der Waals surface area contributed by atoms with E-state index in [1.807, 2.05) is 0 Å². The maximum absolute atomic E-state index is 2.41. The maximum atomic E-state index is 2.41. The van der Waals surface area contributed by atoms with Crippen molar-refractivity contribution in [1.29, 1.82) is 0 Å². The highest BCUT2D eigenvalue weighted by Crippen LogP contribution is 2.45. The molecule has 0 amide bonds. The molecule has 0 aromatic heterocycles. The lowest BCUT2D eigenvalue weighted by Crippen LogP contribution is -2.24. The Balaban J connectivity index is 1.55. The molecule has 0 radical (unpaired) electrons. The minimum absolute atomic E-state index is 0.814. The Morgan fingerprint density at radius 2 is 1.14 bits per heavy atom. The van der Waals surface area contributed by atoms with Crippen molar-refractivity contribution in [2.24, 2.45) is 0 Å². The number of anilines is 4. The molecule has 28 heavy (non-hydrogen) atoms. The molecule has 0 saturated carbocycles. The van der Waals surface area contributed by atoms with E-state index in [1.54, 1.807) is 0 Å². The molecule has 1 aliphatic rings. The minimum Gasteiger partial charge on any atom is -0.321 e. The number of para-hydroxylation sites is 3. The Kier molecular flexibility index (Phi) is 4.10. The molecule has 0 unspecified atom stereocenters. The summed E-state index contributed by atoms with van der Waals surface area (Å²) in [5.74, 6) is 0. The van der Waals surface area contributed by atoms with Crippen molar-refractivity contribution >= 4 is 22.7 Å². The fourth-order valence-corrected chi connectivity index (χ4v) is 4.02. The van der Waals surface area contributed by atoms with E-state index in [0.717, 1.165) is 6.67 Å². The van der Waals surface area contributed by atoms with E-state index in [9.17, 15) is 0 Å². The van der Waals surface area contributed by atoms with Crippen LogP contribution in [0.25, 0.3) is 11.1 Å². The second kappa shape index (κ2) is 6.90. The number of hydrogen-bond acceptors (Lipinski definition) is 2. The van der Waals surface area contributed by atoms with Crippen LogP contribution in [0.4, 0.5) is 22.7 Å². The molecule has 0 fully saturated rings. The topological polar surface area (TPSA) is 6.48 Å². The van der Waals surface area contributed by atoms with Gasteiger partial charge in [-0.25, -0.2) is 0 Å². The zero-order valence-corrected chi connectivity index (χ0v) is 15.9. The molecule has 5 rings (SSSR count). The number of fused-ring (bicyclic) bond motifs is 1. The van der Waals surface area contributed by atoms with Crippen LogP contribution < -0.4 is 9.80 Å². The zero-order valence-electron chi connectivity index (χ0n) is 15.9. The number of hydrogen-bond donors (Lipinski definition) is 0. The van der Waals surface area contributed by atoms with Crippen molar-refractivity contribution in [1.82, 2.24) is 0 Å². The highest BCUT2D eigenvalue weighted by Gasteiger charge is 2.28. The largest absolute Gasteiger partial charge is 0.321 e. The molecular formula is C26H22N2. The average molecular weight is 362 g/mol. The van der Waals surface area contributed by atoms with E-state index in [4.69, 9.17) is 0 Å². The third-order valence-electron chi connectivity index (χ3n) is 5.41. The van der Waals surface area contributed by atoms with E-state index in [0.29, 0.717) is 0 Å². The SMILES string of the molecule is Cc1cc(-c2ccccc2)ccc1N1CN(c2ccccc2)c2ccccc21. The summed E-state index contributed by atoms with van der Waals surface area (Å²) in [7, 11) is 0. The van der Waals surface area contributed by atoms with Gasteiger partial charge in [0.2, 0.25) is 0 Å². The number of aryl methyl sites for hydroxylation is 1. The number of benzene rings is 4. The van der Waals surface area contributed by atoms with Crippen LogP contribution in [-0.4, -0.2) is 6.67 Å². The Morgan fingerprint density at radius 3 is 1.82 bits per heavy atom. The second-order valence-corrected chi connectivity index (χ2v) is 7.19. The number of rotatable bonds is 3. The third-order valence-corrected chi connectivity index (χ3v) is 5.41. The highest BCUT2D eigenvalue weighted by atomic mass is 15.4. The highest BCUT2D eigenvalue weighted by molar-refractivity contribution is 5.88. The fraction of sp³-hybridized carbons (Fsp3) is 0.0769. The standard InChI is InChI=1S/C26H22N2/c1-20-18-22(21-10-4-2-5-11-21)16-17-24(20)28-19-27(23-12-6-3-7-13-23)25-14-8-9-15-26(25)28/h2-18H,19H2,1H3. The minimum atomic E-state index is 0.814. The summed E-state index contributed by atoms with van der Waals surface area (Å²) in [4.78, 5) is 4.78. The van der Waals surface area contributed by atoms with E-state index in [1.165, 1.54) is 39.4 Å². The quantitative estimate of drug-likeness (QED) is 0.391. The van der Waals surface area contributed by atoms with Crippen molar-refractivity contribution in [2.75, 3.05) is 16.5 Å². The summed E-state index contributed by atoms with van der Waals surface area (Å²) in [5, 5.41) is 0. The second-order valence-electron chi connectivity index (χ2n) is 7.19. The molecule has 0 bridgehead atoms. The van der Waals surface area contributed by atoms with Crippen molar-refractivity contribution in [3.8, 4) is 11.1 Å². The molecule has 0 saturated heterocycles. The maximum Gasteiger partial charge on any atom is 0.100 e. The Bertz CT molecular complexity index is 1100. The van der Waals surface area contributed by atoms with Crippen LogP contribution in [0.1, 0.15) is 5.56 Å². The van der Waals surface area contributed by atoms with Gasteiger partial charge >= 0.3 is 0 Å². The lowest BCUT2D eigenvalue weighted by atomic mass is 10.0. The van der Waals surface area contributed by atoms with Gasteiger partial charge in [-0.05, 0) is 60.0 Å². The first-order valence-corrected chi connectivity index (χ1v) is 9.66. The van der Waals surface area contributed by atoms with Gasteiger partial charge in [-0.15, -0.1) is 0 Å². The van der Waals surface area contributed by atoms with Crippen LogP contribution in [0.5, 0.6) is 0 Å². The summed E-state index contributed by atoms with van der Waals surface area (Å²) in [5.41, 5.74) is 8.77. The molecule has 2 nitrogen and oxygen atoms in total. The van der Waals surface area contributed by atoms with Gasteiger partial charge in [-0.2, -0.15) is 0 Å². The molecule has 2 heteroatoms. The normalized spacial score (nSPS) is 12.9. The average Bonchev–Trinajstić information content (AvgIpc) is 3.14. The van der Waals surface area contributed by atoms with Crippen LogP contribution in [0, 0.1) is 6.92 Å². The summed E-state index contributed by atoms with van der Waals surface area (Å²) in [6.07, 6.45) is 0. The van der Waals surface area contributed by atoms with Crippen LogP contribution in [0.15, 0.2) is 103 Å². The van der Waals surface area contributed by atoms with Gasteiger partial charge in [0.15, 0.2) is 0 Å². The molecular weight excluding hydrogens is 340 g/mol. The van der Waals surface area contributed by atoms with E-state index >= 15 is 0 Å². The summed E-state index contributed by atoms with van der Waals surface area (Å²) in [6.45, 7) is 3.02. The predicted molar refractivity (Wildman–Crippen MR) is 119 cm³/mol. The third kappa shape index (κ3) is 2.84. The zero-order chi connectivity index (χ0) is 18.9.